The highest BCUT2D eigenvalue weighted by atomic mass is 16.5. The number of benzene rings is 5. The molecular weight excluding hydrogens is 500 g/mol. The summed E-state index contributed by atoms with van der Waals surface area (Å²) in [6, 6.07) is 39.3. The smallest absolute Gasteiger partial charge is 0.120 e. The van der Waals surface area contributed by atoms with Crippen molar-refractivity contribution in [3.8, 4) is 56.0 Å². The van der Waals surface area contributed by atoms with Crippen molar-refractivity contribution in [1.29, 1.82) is 0 Å². The van der Waals surface area contributed by atoms with Crippen molar-refractivity contribution in [3.05, 3.63) is 120 Å². The van der Waals surface area contributed by atoms with E-state index in [1.807, 2.05) is 0 Å². The SMILES string of the molecule is CC(C)(C)Oc1ccc(-c2cc3c(c(-c4ccccc4)c2-c2ccc(OC(C)(C)C)cc2)Cc2ccccc2-3)cc1. The molecule has 41 heavy (non-hydrogen) atoms. The van der Waals surface area contributed by atoms with E-state index in [0.717, 1.165) is 17.9 Å². The molecule has 0 amide bonds. The first-order valence-corrected chi connectivity index (χ1v) is 14.5. The van der Waals surface area contributed by atoms with Crippen LogP contribution in [0.4, 0.5) is 0 Å². The number of ether oxygens (including phenoxy) is 2. The fraction of sp³-hybridized carbons (Fsp3) is 0.231. The maximum absolute atomic E-state index is 6.18. The Kier molecular flexibility index (Phi) is 6.74. The summed E-state index contributed by atoms with van der Waals surface area (Å²) in [5.74, 6) is 1.75. The van der Waals surface area contributed by atoms with Gasteiger partial charge >= 0.3 is 0 Å². The third-order valence-electron chi connectivity index (χ3n) is 7.33. The standard InChI is InChI=1S/C39H38O2/c1-38(2,3)40-30-20-16-26(17-21-30)33-25-34-32-15-11-10-14-29(32)24-35(34)37(27-12-8-7-9-13-27)36(33)28-18-22-31(23-19-28)41-39(4,5)6/h7-23,25H,24H2,1-6H3. The summed E-state index contributed by atoms with van der Waals surface area (Å²) in [5.41, 5.74) is 12.2. The highest BCUT2D eigenvalue weighted by Crippen LogP contribution is 2.50. The molecule has 0 spiro atoms. The van der Waals surface area contributed by atoms with Gasteiger partial charge in [0, 0.05) is 0 Å². The molecule has 1 aliphatic carbocycles. The molecule has 0 unspecified atom stereocenters. The quantitative estimate of drug-likeness (QED) is 0.217. The molecule has 0 saturated carbocycles. The summed E-state index contributed by atoms with van der Waals surface area (Å²) in [7, 11) is 0. The average Bonchev–Trinajstić information content (AvgIpc) is 3.30. The number of fused-ring (bicyclic) bond motifs is 3. The van der Waals surface area contributed by atoms with Crippen molar-refractivity contribution < 1.29 is 9.47 Å². The third-order valence-corrected chi connectivity index (χ3v) is 7.33. The van der Waals surface area contributed by atoms with Gasteiger partial charge in [0.25, 0.3) is 0 Å². The highest BCUT2D eigenvalue weighted by Gasteiger charge is 2.27. The summed E-state index contributed by atoms with van der Waals surface area (Å²) in [6.07, 6.45) is 0.923. The Bertz CT molecular complexity index is 1680. The average molecular weight is 539 g/mol. The molecule has 0 bridgehead atoms. The van der Waals surface area contributed by atoms with Crippen molar-refractivity contribution in [2.24, 2.45) is 0 Å². The Morgan fingerprint density at radius 1 is 0.463 bits per heavy atom. The van der Waals surface area contributed by atoms with Gasteiger partial charge in [0.05, 0.1) is 0 Å². The molecule has 1 aliphatic rings. The zero-order valence-electron chi connectivity index (χ0n) is 24.9. The number of rotatable bonds is 5. The fourth-order valence-electron chi connectivity index (χ4n) is 5.83. The van der Waals surface area contributed by atoms with Crippen molar-refractivity contribution in [2.45, 2.75) is 59.2 Å². The van der Waals surface area contributed by atoms with Gasteiger partial charge in [-0.25, -0.2) is 0 Å². The van der Waals surface area contributed by atoms with E-state index in [-0.39, 0.29) is 11.2 Å². The minimum absolute atomic E-state index is 0.249. The second kappa shape index (κ2) is 10.3. The van der Waals surface area contributed by atoms with Crippen molar-refractivity contribution in [3.63, 3.8) is 0 Å². The second-order valence-corrected chi connectivity index (χ2v) is 12.9. The second-order valence-electron chi connectivity index (χ2n) is 12.9. The van der Waals surface area contributed by atoms with E-state index < -0.39 is 0 Å². The number of hydrogen-bond acceptors (Lipinski definition) is 2. The van der Waals surface area contributed by atoms with Crippen molar-refractivity contribution in [1.82, 2.24) is 0 Å². The lowest BCUT2D eigenvalue weighted by Gasteiger charge is -2.24. The van der Waals surface area contributed by atoms with Crippen LogP contribution in [0.5, 0.6) is 11.5 Å². The van der Waals surface area contributed by atoms with Gasteiger partial charge in [0.2, 0.25) is 0 Å². The predicted octanol–water partition coefficient (Wildman–Crippen LogP) is 10.6. The van der Waals surface area contributed by atoms with E-state index in [4.69, 9.17) is 9.47 Å². The van der Waals surface area contributed by atoms with E-state index in [1.165, 1.54) is 55.6 Å². The minimum Gasteiger partial charge on any atom is -0.488 e. The molecule has 0 fully saturated rings. The number of hydrogen-bond donors (Lipinski definition) is 0. The lowest BCUT2D eigenvalue weighted by molar-refractivity contribution is 0.130. The van der Waals surface area contributed by atoms with Crippen LogP contribution in [-0.2, 0) is 6.42 Å². The third kappa shape index (κ3) is 5.65. The van der Waals surface area contributed by atoms with E-state index in [1.54, 1.807) is 0 Å². The van der Waals surface area contributed by atoms with Crippen molar-refractivity contribution >= 4 is 0 Å². The Balaban J connectivity index is 1.61. The molecule has 0 aromatic heterocycles. The van der Waals surface area contributed by atoms with Crippen molar-refractivity contribution in [2.75, 3.05) is 0 Å². The molecule has 5 aromatic carbocycles. The molecule has 0 N–H and O–H groups in total. The van der Waals surface area contributed by atoms with Gasteiger partial charge < -0.3 is 9.47 Å². The zero-order valence-corrected chi connectivity index (χ0v) is 24.9. The van der Waals surface area contributed by atoms with Gasteiger partial charge in [-0.15, -0.1) is 0 Å². The van der Waals surface area contributed by atoms with Crippen LogP contribution in [0, 0.1) is 0 Å². The van der Waals surface area contributed by atoms with Gasteiger partial charge in [-0.2, -0.15) is 0 Å². The predicted molar refractivity (Wildman–Crippen MR) is 172 cm³/mol. The summed E-state index contributed by atoms with van der Waals surface area (Å²) >= 11 is 0. The molecule has 206 valence electrons. The summed E-state index contributed by atoms with van der Waals surface area (Å²) in [5, 5.41) is 0. The van der Waals surface area contributed by atoms with Crippen LogP contribution in [0.25, 0.3) is 44.5 Å². The highest BCUT2D eigenvalue weighted by molar-refractivity contribution is 6.01. The molecule has 2 nitrogen and oxygen atoms in total. The van der Waals surface area contributed by atoms with Crippen LogP contribution in [0.1, 0.15) is 52.7 Å². The molecular formula is C39H38O2. The van der Waals surface area contributed by atoms with Crippen LogP contribution in [0.15, 0.2) is 109 Å². The lowest BCUT2D eigenvalue weighted by Crippen LogP contribution is -2.22. The van der Waals surface area contributed by atoms with Gasteiger partial charge in [-0.3, -0.25) is 0 Å². The van der Waals surface area contributed by atoms with Crippen LogP contribution >= 0.6 is 0 Å². The molecule has 0 heterocycles. The minimum atomic E-state index is -0.252. The van der Waals surface area contributed by atoms with Gasteiger partial charge in [0.15, 0.2) is 0 Å². The van der Waals surface area contributed by atoms with Crippen LogP contribution in [-0.4, -0.2) is 11.2 Å². The zero-order chi connectivity index (χ0) is 28.8. The van der Waals surface area contributed by atoms with E-state index in [0.29, 0.717) is 0 Å². The summed E-state index contributed by atoms with van der Waals surface area (Å²) in [4.78, 5) is 0. The molecule has 5 aromatic rings. The topological polar surface area (TPSA) is 18.5 Å². The van der Waals surface area contributed by atoms with Gasteiger partial charge in [-0.05, 0) is 134 Å². The van der Waals surface area contributed by atoms with E-state index in [9.17, 15) is 0 Å². The Hall–Kier alpha value is -4.30. The maximum atomic E-state index is 6.18. The normalized spacial score (nSPS) is 12.5. The summed E-state index contributed by atoms with van der Waals surface area (Å²) in [6.45, 7) is 12.5. The summed E-state index contributed by atoms with van der Waals surface area (Å²) < 4.78 is 12.3. The van der Waals surface area contributed by atoms with E-state index >= 15 is 0 Å². The molecule has 6 rings (SSSR count). The first-order valence-electron chi connectivity index (χ1n) is 14.5. The lowest BCUT2D eigenvalue weighted by atomic mass is 9.82. The van der Waals surface area contributed by atoms with Crippen LogP contribution in [0.2, 0.25) is 0 Å². The van der Waals surface area contributed by atoms with Gasteiger partial charge in [0.1, 0.15) is 22.7 Å². The molecule has 0 radical (unpaired) electrons. The molecule has 0 saturated heterocycles. The van der Waals surface area contributed by atoms with E-state index in [2.05, 4.69) is 151 Å². The van der Waals surface area contributed by atoms with Crippen LogP contribution in [0.3, 0.4) is 0 Å². The largest absolute Gasteiger partial charge is 0.488 e. The Labute approximate surface area is 244 Å². The van der Waals surface area contributed by atoms with Crippen LogP contribution < -0.4 is 9.47 Å². The monoisotopic (exact) mass is 538 g/mol. The Morgan fingerprint density at radius 3 is 1.56 bits per heavy atom. The van der Waals surface area contributed by atoms with Gasteiger partial charge in [-0.1, -0.05) is 78.9 Å². The first-order chi connectivity index (χ1) is 19.6. The molecule has 0 atom stereocenters. The fourth-order valence-corrected chi connectivity index (χ4v) is 5.83. The maximum Gasteiger partial charge on any atom is 0.120 e. The molecule has 2 heteroatoms. The first kappa shape index (κ1) is 26.9. The molecule has 0 aliphatic heterocycles. The Morgan fingerprint density at radius 2 is 0.976 bits per heavy atom.